The molecule has 4 aromatic rings. The molecule has 2 amide bonds. The molecule has 0 atom stereocenters. The van der Waals surface area contributed by atoms with Crippen LogP contribution in [-0.4, -0.2) is 31.5 Å². The number of nitro benzene ring substituents is 1. The average molecular weight is 428 g/mol. The van der Waals surface area contributed by atoms with Gasteiger partial charge in [0.2, 0.25) is 0 Å². The molecule has 158 valence electrons. The van der Waals surface area contributed by atoms with E-state index in [0.29, 0.717) is 22.6 Å². The first-order valence-electron chi connectivity index (χ1n) is 9.43. The number of non-ortho nitro benzene ring substituents is 1. The molecule has 0 radical (unpaired) electrons. The van der Waals surface area contributed by atoms with Crippen molar-refractivity contribution in [3.63, 3.8) is 0 Å². The van der Waals surface area contributed by atoms with E-state index in [-0.39, 0.29) is 17.3 Å². The molecule has 32 heavy (non-hydrogen) atoms. The maximum atomic E-state index is 12.6. The number of rotatable bonds is 6. The van der Waals surface area contributed by atoms with Gasteiger partial charge < -0.3 is 10.6 Å². The Hall–Kier alpha value is -4.86. The normalized spacial score (nSPS) is 10.4. The van der Waals surface area contributed by atoms with E-state index >= 15 is 0 Å². The predicted molar refractivity (Wildman–Crippen MR) is 117 cm³/mol. The molecule has 0 fully saturated rings. The fraction of sp³-hybridized carbons (Fsp3) is 0. The smallest absolute Gasteiger partial charge is 0.276 e. The second-order valence-electron chi connectivity index (χ2n) is 6.65. The van der Waals surface area contributed by atoms with Crippen LogP contribution < -0.4 is 10.6 Å². The van der Waals surface area contributed by atoms with E-state index in [1.807, 2.05) is 0 Å². The standard InChI is InChI=1S/C22H16N6O4/c29-21(24-16-7-10-23-11-8-16)15-3-1-4-17(13-15)25-22(30)20-9-12-27(26-20)18-5-2-6-19(14-18)28(31)32/h1-14H,(H,25,30)(H,23,24,29). The molecule has 0 unspecified atom stereocenters. The SMILES string of the molecule is O=C(Nc1ccncc1)c1cccc(NC(=O)c2ccn(-c3cccc([N+](=O)[O-])c3)n2)c1. The van der Waals surface area contributed by atoms with E-state index < -0.39 is 10.8 Å². The number of carbonyl (C=O) groups is 2. The summed E-state index contributed by atoms with van der Waals surface area (Å²) >= 11 is 0. The van der Waals surface area contributed by atoms with Crippen molar-refractivity contribution in [1.82, 2.24) is 14.8 Å². The van der Waals surface area contributed by atoms with Crippen molar-refractivity contribution in [1.29, 1.82) is 0 Å². The molecule has 10 nitrogen and oxygen atoms in total. The molecule has 2 aromatic heterocycles. The average Bonchev–Trinajstić information content (AvgIpc) is 3.31. The number of carbonyl (C=O) groups excluding carboxylic acids is 2. The first-order valence-corrected chi connectivity index (χ1v) is 9.43. The van der Waals surface area contributed by atoms with Crippen LogP contribution in [0.4, 0.5) is 17.1 Å². The second-order valence-corrected chi connectivity index (χ2v) is 6.65. The van der Waals surface area contributed by atoms with Gasteiger partial charge in [-0.25, -0.2) is 4.68 Å². The summed E-state index contributed by atoms with van der Waals surface area (Å²) in [6.45, 7) is 0. The molecule has 4 rings (SSSR count). The fourth-order valence-electron chi connectivity index (χ4n) is 2.91. The number of anilines is 2. The van der Waals surface area contributed by atoms with Gasteiger partial charge in [-0.3, -0.25) is 24.7 Å². The van der Waals surface area contributed by atoms with Crippen LogP contribution in [0.5, 0.6) is 0 Å². The Morgan fingerprint density at radius 3 is 2.41 bits per heavy atom. The lowest BCUT2D eigenvalue weighted by Crippen LogP contribution is -2.15. The minimum absolute atomic E-state index is 0.0779. The van der Waals surface area contributed by atoms with Crippen LogP contribution in [-0.2, 0) is 0 Å². The van der Waals surface area contributed by atoms with Crippen molar-refractivity contribution in [2.45, 2.75) is 0 Å². The van der Waals surface area contributed by atoms with Gasteiger partial charge in [-0.15, -0.1) is 0 Å². The van der Waals surface area contributed by atoms with Crippen LogP contribution in [0.1, 0.15) is 20.8 Å². The molecular weight excluding hydrogens is 412 g/mol. The molecule has 0 aliphatic carbocycles. The summed E-state index contributed by atoms with van der Waals surface area (Å²) < 4.78 is 1.38. The van der Waals surface area contributed by atoms with Gasteiger partial charge in [0.25, 0.3) is 17.5 Å². The van der Waals surface area contributed by atoms with Crippen LogP contribution in [0.3, 0.4) is 0 Å². The zero-order valence-electron chi connectivity index (χ0n) is 16.5. The maximum absolute atomic E-state index is 12.6. The first-order chi connectivity index (χ1) is 15.5. The highest BCUT2D eigenvalue weighted by atomic mass is 16.6. The largest absolute Gasteiger partial charge is 0.322 e. The number of nitrogens with one attached hydrogen (secondary N) is 2. The van der Waals surface area contributed by atoms with Gasteiger partial charge in [-0.1, -0.05) is 12.1 Å². The van der Waals surface area contributed by atoms with Gasteiger partial charge in [-0.05, 0) is 42.5 Å². The molecule has 0 aliphatic heterocycles. The van der Waals surface area contributed by atoms with E-state index in [9.17, 15) is 19.7 Å². The third-order valence-corrected chi connectivity index (χ3v) is 4.45. The molecule has 0 saturated heterocycles. The highest BCUT2D eigenvalue weighted by molar-refractivity contribution is 6.06. The van der Waals surface area contributed by atoms with Crippen LogP contribution in [0.2, 0.25) is 0 Å². The molecule has 0 aliphatic rings. The van der Waals surface area contributed by atoms with Gasteiger partial charge in [0.15, 0.2) is 5.69 Å². The van der Waals surface area contributed by atoms with Crippen molar-refractivity contribution in [2.75, 3.05) is 10.6 Å². The second kappa shape index (κ2) is 8.88. The first kappa shape index (κ1) is 20.4. The van der Waals surface area contributed by atoms with Gasteiger partial charge in [0, 0.05) is 47.7 Å². The highest BCUT2D eigenvalue weighted by Gasteiger charge is 2.14. The van der Waals surface area contributed by atoms with E-state index in [1.165, 1.54) is 35.1 Å². The van der Waals surface area contributed by atoms with E-state index in [1.54, 1.807) is 54.9 Å². The van der Waals surface area contributed by atoms with Gasteiger partial charge in [0.1, 0.15) is 0 Å². The summed E-state index contributed by atoms with van der Waals surface area (Å²) in [5.74, 6) is -0.817. The summed E-state index contributed by atoms with van der Waals surface area (Å²) in [5.41, 5.74) is 1.87. The Morgan fingerprint density at radius 1 is 0.875 bits per heavy atom. The number of amides is 2. The Balaban J connectivity index is 1.47. The molecular formula is C22H16N6O4. The molecule has 0 saturated carbocycles. The molecule has 2 N–H and O–H groups in total. The summed E-state index contributed by atoms with van der Waals surface area (Å²) in [6.07, 6.45) is 4.67. The lowest BCUT2D eigenvalue weighted by Gasteiger charge is -2.08. The number of aromatic nitrogens is 3. The van der Waals surface area contributed by atoms with Crippen LogP contribution >= 0.6 is 0 Å². The van der Waals surface area contributed by atoms with Gasteiger partial charge in [0.05, 0.1) is 10.6 Å². The number of hydrogen-bond acceptors (Lipinski definition) is 6. The topological polar surface area (TPSA) is 132 Å². The molecule has 0 spiro atoms. The monoisotopic (exact) mass is 428 g/mol. The molecule has 10 heteroatoms. The molecule has 2 heterocycles. The van der Waals surface area contributed by atoms with Crippen molar-refractivity contribution in [2.24, 2.45) is 0 Å². The van der Waals surface area contributed by atoms with Crippen molar-refractivity contribution in [3.8, 4) is 5.69 Å². The lowest BCUT2D eigenvalue weighted by atomic mass is 10.2. The minimum Gasteiger partial charge on any atom is -0.322 e. The van der Waals surface area contributed by atoms with E-state index in [0.717, 1.165) is 0 Å². The van der Waals surface area contributed by atoms with Crippen molar-refractivity contribution < 1.29 is 14.5 Å². The fourth-order valence-corrected chi connectivity index (χ4v) is 2.91. The van der Waals surface area contributed by atoms with Crippen molar-refractivity contribution >= 4 is 28.9 Å². The molecule has 0 bridgehead atoms. The summed E-state index contributed by atoms with van der Waals surface area (Å²) in [7, 11) is 0. The minimum atomic E-state index is -0.502. The Morgan fingerprint density at radius 2 is 1.62 bits per heavy atom. The third-order valence-electron chi connectivity index (χ3n) is 4.45. The zero-order chi connectivity index (χ0) is 22.5. The van der Waals surface area contributed by atoms with Crippen LogP contribution in [0.15, 0.2) is 85.3 Å². The highest BCUT2D eigenvalue weighted by Crippen LogP contribution is 2.17. The maximum Gasteiger partial charge on any atom is 0.276 e. The third kappa shape index (κ3) is 4.65. The van der Waals surface area contributed by atoms with E-state index in [2.05, 4.69) is 20.7 Å². The quantitative estimate of drug-likeness (QED) is 0.356. The lowest BCUT2D eigenvalue weighted by molar-refractivity contribution is -0.384. The Labute approximate surface area is 181 Å². The number of nitrogens with zero attached hydrogens (tertiary/aromatic N) is 4. The van der Waals surface area contributed by atoms with Gasteiger partial charge >= 0.3 is 0 Å². The summed E-state index contributed by atoms with van der Waals surface area (Å²) in [5, 5.41) is 20.6. The number of pyridine rings is 1. The summed E-state index contributed by atoms with van der Waals surface area (Å²) in [4.78, 5) is 39.4. The Kier molecular flexibility index (Phi) is 5.66. The Bertz CT molecular complexity index is 1300. The van der Waals surface area contributed by atoms with Crippen molar-refractivity contribution in [3.05, 3.63) is 107 Å². The number of nitro groups is 1. The van der Waals surface area contributed by atoms with Crippen LogP contribution in [0.25, 0.3) is 5.69 Å². The zero-order valence-corrected chi connectivity index (χ0v) is 16.5. The van der Waals surface area contributed by atoms with Crippen LogP contribution in [0, 0.1) is 10.1 Å². The molecule has 2 aromatic carbocycles. The summed E-state index contributed by atoms with van der Waals surface area (Å²) in [6, 6.07) is 17.2. The number of benzene rings is 2. The van der Waals surface area contributed by atoms with E-state index in [4.69, 9.17) is 0 Å². The van der Waals surface area contributed by atoms with Gasteiger partial charge in [-0.2, -0.15) is 5.10 Å². The number of hydrogen-bond donors (Lipinski definition) is 2. The predicted octanol–water partition coefficient (Wildman–Crippen LogP) is 3.68.